The minimum Gasteiger partial charge on any atom is -0.462 e. The summed E-state index contributed by atoms with van der Waals surface area (Å²) in [4.78, 5) is 31.4. The number of aromatic nitrogens is 2. The maximum Gasteiger partial charge on any atom is 0.341 e. The molecule has 1 N–H and O–H groups in total. The second-order valence-electron chi connectivity index (χ2n) is 7.21. The molecule has 1 unspecified atom stereocenters. The van der Waals surface area contributed by atoms with Crippen LogP contribution in [0.25, 0.3) is 5.65 Å². The molecule has 1 aliphatic carbocycles. The summed E-state index contributed by atoms with van der Waals surface area (Å²) >= 11 is 1.49. The molecule has 3 aromatic heterocycles. The van der Waals surface area contributed by atoms with Crippen LogP contribution < -0.4 is 5.32 Å². The van der Waals surface area contributed by atoms with Crippen LogP contribution in [0, 0.1) is 12.8 Å². The lowest BCUT2D eigenvalue weighted by Gasteiger charge is -2.18. The van der Waals surface area contributed by atoms with Gasteiger partial charge >= 0.3 is 5.97 Å². The Hall–Kier alpha value is -2.67. The fourth-order valence-electron chi connectivity index (χ4n) is 3.81. The van der Waals surface area contributed by atoms with Crippen molar-refractivity contribution in [3.05, 3.63) is 51.8 Å². The van der Waals surface area contributed by atoms with Crippen molar-refractivity contribution in [2.24, 2.45) is 5.92 Å². The van der Waals surface area contributed by atoms with Crippen LogP contribution in [0.2, 0.25) is 0 Å². The Morgan fingerprint density at radius 2 is 2.21 bits per heavy atom. The molecule has 3 heterocycles. The monoisotopic (exact) mass is 397 g/mol. The van der Waals surface area contributed by atoms with Crippen molar-refractivity contribution in [3.8, 4) is 0 Å². The number of nitrogens with zero attached hydrogens (tertiary/aromatic N) is 2. The second-order valence-corrected chi connectivity index (χ2v) is 8.31. The van der Waals surface area contributed by atoms with Gasteiger partial charge in [-0.3, -0.25) is 9.20 Å². The van der Waals surface area contributed by atoms with Crippen molar-refractivity contribution in [1.29, 1.82) is 0 Å². The molecule has 6 nitrogen and oxygen atoms in total. The van der Waals surface area contributed by atoms with Crippen molar-refractivity contribution in [1.82, 2.24) is 9.38 Å². The number of aryl methyl sites for hydroxylation is 1. The van der Waals surface area contributed by atoms with Crippen LogP contribution in [0.15, 0.2) is 24.4 Å². The third-order valence-electron chi connectivity index (χ3n) is 5.14. The van der Waals surface area contributed by atoms with E-state index in [0.29, 0.717) is 34.5 Å². The van der Waals surface area contributed by atoms with Gasteiger partial charge in [0, 0.05) is 11.1 Å². The minimum atomic E-state index is -0.361. The maximum absolute atomic E-state index is 13.1. The van der Waals surface area contributed by atoms with Gasteiger partial charge in [-0.15, -0.1) is 11.3 Å². The van der Waals surface area contributed by atoms with Gasteiger partial charge in [-0.25, -0.2) is 9.78 Å². The van der Waals surface area contributed by atoms with E-state index in [1.165, 1.54) is 16.2 Å². The van der Waals surface area contributed by atoms with Crippen LogP contribution in [0.1, 0.15) is 57.2 Å². The van der Waals surface area contributed by atoms with E-state index in [0.717, 1.165) is 30.5 Å². The van der Waals surface area contributed by atoms with Gasteiger partial charge < -0.3 is 10.1 Å². The average molecular weight is 398 g/mol. The molecule has 3 aromatic rings. The van der Waals surface area contributed by atoms with Gasteiger partial charge in [0.05, 0.1) is 17.9 Å². The molecule has 28 heavy (non-hydrogen) atoms. The van der Waals surface area contributed by atoms with Gasteiger partial charge in [0.25, 0.3) is 5.91 Å². The van der Waals surface area contributed by atoms with E-state index in [1.807, 2.05) is 31.3 Å². The molecule has 0 radical (unpaired) electrons. The molecule has 1 aliphatic rings. The maximum atomic E-state index is 13.1. The molecule has 146 valence electrons. The number of anilines is 1. The largest absolute Gasteiger partial charge is 0.462 e. The van der Waals surface area contributed by atoms with Crippen LogP contribution in [0.4, 0.5) is 5.00 Å². The summed E-state index contributed by atoms with van der Waals surface area (Å²) < 4.78 is 7.05. The Morgan fingerprint density at radius 1 is 1.39 bits per heavy atom. The lowest BCUT2D eigenvalue weighted by molar-refractivity contribution is 0.0526. The van der Waals surface area contributed by atoms with Crippen molar-refractivity contribution in [2.45, 2.75) is 40.0 Å². The quantitative estimate of drug-likeness (QED) is 0.668. The number of ether oxygens (including phenoxy) is 1. The van der Waals surface area contributed by atoms with Gasteiger partial charge in [0.2, 0.25) is 0 Å². The Labute approximate surface area is 167 Å². The standard InChI is InChI=1S/C21H23N3O3S/c1-4-27-21(26)17-14-9-8-12(2)11-15(14)28-20(17)23-19(25)18-13(3)22-16-7-5-6-10-24(16)18/h5-7,10,12H,4,8-9,11H2,1-3H3,(H,23,25). The fraction of sp³-hybridized carbons (Fsp3) is 0.381. The van der Waals surface area contributed by atoms with Crippen LogP contribution in [-0.2, 0) is 17.6 Å². The number of esters is 1. The normalized spacial score (nSPS) is 16.0. The third-order valence-corrected chi connectivity index (χ3v) is 6.31. The number of fused-ring (bicyclic) bond motifs is 2. The van der Waals surface area contributed by atoms with Gasteiger partial charge in [0.1, 0.15) is 16.3 Å². The minimum absolute atomic E-state index is 0.270. The average Bonchev–Trinajstić information content (AvgIpc) is 3.17. The van der Waals surface area contributed by atoms with Crippen LogP contribution in [0.3, 0.4) is 0 Å². The topological polar surface area (TPSA) is 72.7 Å². The molecule has 0 aliphatic heterocycles. The summed E-state index contributed by atoms with van der Waals surface area (Å²) in [5.74, 6) is -0.0566. The van der Waals surface area contributed by atoms with E-state index in [9.17, 15) is 9.59 Å². The van der Waals surface area contributed by atoms with Crippen molar-refractivity contribution >= 4 is 33.9 Å². The first-order valence-electron chi connectivity index (χ1n) is 9.56. The predicted molar refractivity (Wildman–Crippen MR) is 109 cm³/mol. The SMILES string of the molecule is CCOC(=O)c1c(NC(=O)c2c(C)nc3ccccn23)sc2c1CCC(C)C2. The smallest absolute Gasteiger partial charge is 0.341 e. The number of imidazole rings is 1. The first-order chi connectivity index (χ1) is 13.5. The molecule has 0 fully saturated rings. The van der Waals surface area contributed by atoms with Gasteiger partial charge in [-0.05, 0) is 56.7 Å². The Bertz CT molecular complexity index is 1070. The number of carbonyl (C=O) groups is 2. The molecule has 0 saturated heterocycles. The van der Waals surface area contributed by atoms with Crippen LogP contribution >= 0.6 is 11.3 Å². The molecule has 0 bridgehead atoms. The number of pyridine rings is 1. The molecule has 0 saturated carbocycles. The first-order valence-corrected chi connectivity index (χ1v) is 10.4. The third kappa shape index (κ3) is 3.20. The van der Waals surface area contributed by atoms with E-state index in [-0.39, 0.29) is 11.9 Å². The molecule has 1 atom stereocenters. The number of nitrogens with one attached hydrogen (secondary N) is 1. The Morgan fingerprint density at radius 3 is 3.00 bits per heavy atom. The molecule has 0 aromatic carbocycles. The number of hydrogen-bond acceptors (Lipinski definition) is 5. The zero-order chi connectivity index (χ0) is 19.8. The summed E-state index contributed by atoms with van der Waals surface area (Å²) in [6.45, 7) is 6.13. The highest BCUT2D eigenvalue weighted by atomic mass is 32.1. The second kappa shape index (κ2) is 7.39. The van der Waals surface area contributed by atoms with Crippen molar-refractivity contribution in [3.63, 3.8) is 0 Å². The summed E-state index contributed by atoms with van der Waals surface area (Å²) in [6.07, 6.45) is 4.62. The Kier molecular flexibility index (Phi) is 4.93. The molecular weight excluding hydrogens is 374 g/mol. The summed E-state index contributed by atoms with van der Waals surface area (Å²) in [6, 6.07) is 5.61. The molecular formula is C21H23N3O3S. The lowest BCUT2D eigenvalue weighted by Crippen LogP contribution is -2.18. The van der Waals surface area contributed by atoms with Gasteiger partial charge in [0.15, 0.2) is 0 Å². The predicted octanol–water partition coefficient (Wildman–Crippen LogP) is 4.26. The lowest BCUT2D eigenvalue weighted by atomic mass is 9.88. The fourth-order valence-corrected chi connectivity index (χ4v) is 5.20. The van der Waals surface area contributed by atoms with E-state index < -0.39 is 0 Å². The van der Waals surface area contributed by atoms with E-state index in [2.05, 4.69) is 17.2 Å². The number of rotatable bonds is 4. The van der Waals surface area contributed by atoms with Gasteiger partial charge in [-0.2, -0.15) is 0 Å². The zero-order valence-electron chi connectivity index (χ0n) is 16.2. The van der Waals surface area contributed by atoms with E-state index in [1.54, 1.807) is 11.3 Å². The Balaban J connectivity index is 1.73. The van der Waals surface area contributed by atoms with Crippen LogP contribution in [-0.4, -0.2) is 27.9 Å². The van der Waals surface area contributed by atoms with Crippen molar-refractivity contribution in [2.75, 3.05) is 11.9 Å². The molecule has 7 heteroatoms. The summed E-state index contributed by atoms with van der Waals surface area (Å²) in [7, 11) is 0. The zero-order valence-corrected chi connectivity index (χ0v) is 17.1. The van der Waals surface area contributed by atoms with E-state index in [4.69, 9.17) is 4.74 Å². The first kappa shape index (κ1) is 18.7. The highest BCUT2D eigenvalue weighted by Crippen LogP contribution is 2.40. The number of hydrogen-bond donors (Lipinski definition) is 1. The summed E-state index contributed by atoms with van der Waals surface area (Å²) in [5, 5.41) is 3.55. The molecule has 1 amide bonds. The van der Waals surface area contributed by atoms with Gasteiger partial charge in [-0.1, -0.05) is 13.0 Å². The molecule has 4 rings (SSSR count). The number of thiophene rings is 1. The highest BCUT2D eigenvalue weighted by Gasteiger charge is 2.30. The van der Waals surface area contributed by atoms with Crippen molar-refractivity contribution < 1.29 is 14.3 Å². The highest BCUT2D eigenvalue weighted by molar-refractivity contribution is 7.17. The number of amides is 1. The summed E-state index contributed by atoms with van der Waals surface area (Å²) in [5.41, 5.74) is 3.40. The number of carbonyl (C=O) groups excluding carboxylic acids is 2. The molecule has 0 spiro atoms. The van der Waals surface area contributed by atoms with E-state index >= 15 is 0 Å². The van der Waals surface area contributed by atoms with Crippen LogP contribution in [0.5, 0.6) is 0 Å².